The van der Waals surface area contributed by atoms with Gasteiger partial charge in [0.25, 0.3) is 0 Å². The molecule has 20 heavy (non-hydrogen) atoms. The molecule has 0 saturated carbocycles. The second kappa shape index (κ2) is 9.09. The van der Waals surface area contributed by atoms with Crippen molar-refractivity contribution >= 4 is 11.6 Å². The second-order valence-electron chi connectivity index (χ2n) is 5.22. The van der Waals surface area contributed by atoms with Gasteiger partial charge in [-0.1, -0.05) is 32.4 Å². The van der Waals surface area contributed by atoms with E-state index < -0.39 is 0 Å². The summed E-state index contributed by atoms with van der Waals surface area (Å²) in [5.41, 5.74) is 1.11. The summed E-state index contributed by atoms with van der Waals surface area (Å²) < 4.78 is 11.4. The maximum Gasteiger partial charge on any atom is 0.179 e. The van der Waals surface area contributed by atoms with Gasteiger partial charge in [0.1, 0.15) is 0 Å². The highest BCUT2D eigenvalue weighted by molar-refractivity contribution is 6.32. The van der Waals surface area contributed by atoms with E-state index in [-0.39, 0.29) is 0 Å². The van der Waals surface area contributed by atoms with Crippen molar-refractivity contribution in [2.75, 3.05) is 19.8 Å². The molecule has 1 aromatic carbocycles. The van der Waals surface area contributed by atoms with Crippen molar-refractivity contribution in [2.24, 2.45) is 5.92 Å². The number of halogens is 1. The van der Waals surface area contributed by atoms with E-state index in [4.69, 9.17) is 21.1 Å². The van der Waals surface area contributed by atoms with E-state index in [1.807, 2.05) is 19.1 Å². The van der Waals surface area contributed by atoms with E-state index in [9.17, 15) is 0 Å². The molecule has 0 amide bonds. The van der Waals surface area contributed by atoms with Crippen molar-refractivity contribution in [2.45, 2.75) is 40.7 Å². The second-order valence-corrected chi connectivity index (χ2v) is 5.63. The Balaban J connectivity index is 2.87. The summed E-state index contributed by atoms with van der Waals surface area (Å²) in [5.74, 6) is 1.84. The lowest BCUT2D eigenvalue weighted by Crippen LogP contribution is -2.14. The Morgan fingerprint density at radius 1 is 1.20 bits per heavy atom. The predicted octanol–water partition coefficient (Wildman–Crippen LogP) is 4.27. The van der Waals surface area contributed by atoms with Crippen molar-refractivity contribution in [1.29, 1.82) is 0 Å². The number of benzene rings is 1. The molecule has 0 bridgehead atoms. The number of nitrogens with one attached hydrogen (secondary N) is 1. The Kier molecular flexibility index (Phi) is 7.78. The average Bonchev–Trinajstić information content (AvgIpc) is 2.38. The monoisotopic (exact) mass is 299 g/mol. The van der Waals surface area contributed by atoms with Crippen LogP contribution in [0.25, 0.3) is 0 Å². The van der Waals surface area contributed by atoms with Gasteiger partial charge < -0.3 is 14.8 Å². The van der Waals surface area contributed by atoms with Crippen molar-refractivity contribution in [3.8, 4) is 11.5 Å². The standard InChI is InChI=1S/C16H26ClNO2/c1-5-7-18-10-13-8-14(17)16(20-11-12(3)4)15(9-13)19-6-2/h8-9,12,18H,5-7,10-11H2,1-4H3. The average molecular weight is 300 g/mol. The molecule has 0 radical (unpaired) electrons. The highest BCUT2D eigenvalue weighted by Crippen LogP contribution is 2.37. The van der Waals surface area contributed by atoms with Gasteiger partial charge in [-0.15, -0.1) is 0 Å². The van der Waals surface area contributed by atoms with Gasteiger partial charge in [0.05, 0.1) is 18.2 Å². The van der Waals surface area contributed by atoms with Crippen molar-refractivity contribution in [3.05, 3.63) is 22.7 Å². The van der Waals surface area contributed by atoms with Crippen LogP contribution in [0.5, 0.6) is 11.5 Å². The van der Waals surface area contributed by atoms with Crippen LogP contribution in [0.3, 0.4) is 0 Å². The van der Waals surface area contributed by atoms with Gasteiger partial charge in [-0.25, -0.2) is 0 Å². The Bertz CT molecular complexity index is 408. The zero-order valence-electron chi connectivity index (χ0n) is 13.0. The molecule has 114 valence electrons. The third-order valence-corrected chi connectivity index (χ3v) is 2.97. The first kappa shape index (κ1) is 17.1. The first-order valence-electron chi connectivity index (χ1n) is 7.37. The molecule has 0 unspecified atom stereocenters. The van der Waals surface area contributed by atoms with Crippen molar-refractivity contribution < 1.29 is 9.47 Å². The minimum Gasteiger partial charge on any atom is -0.490 e. The molecular formula is C16H26ClNO2. The number of ether oxygens (including phenoxy) is 2. The van der Waals surface area contributed by atoms with Gasteiger partial charge in [0.15, 0.2) is 11.5 Å². The van der Waals surface area contributed by atoms with E-state index in [0.717, 1.165) is 30.8 Å². The number of hydrogen-bond donors (Lipinski definition) is 1. The lowest BCUT2D eigenvalue weighted by atomic mass is 10.2. The van der Waals surface area contributed by atoms with Crippen LogP contribution >= 0.6 is 11.6 Å². The van der Waals surface area contributed by atoms with Gasteiger partial charge in [-0.2, -0.15) is 0 Å². The molecule has 1 rings (SSSR count). The summed E-state index contributed by atoms with van der Waals surface area (Å²) in [6.07, 6.45) is 1.11. The van der Waals surface area contributed by atoms with Gasteiger partial charge >= 0.3 is 0 Å². The molecular weight excluding hydrogens is 274 g/mol. The third-order valence-electron chi connectivity index (χ3n) is 2.69. The number of hydrogen-bond acceptors (Lipinski definition) is 3. The van der Waals surface area contributed by atoms with Crippen LogP contribution in [0, 0.1) is 5.92 Å². The van der Waals surface area contributed by atoms with Crippen molar-refractivity contribution in [3.63, 3.8) is 0 Å². The van der Waals surface area contributed by atoms with E-state index in [0.29, 0.717) is 29.9 Å². The summed E-state index contributed by atoms with van der Waals surface area (Å²) in [6, 6.07) is 3.95. The molecule has 0 aliphatic rings. The smallest absolute Gasteiger partial charge is 0.179 e. The van der Waals surface area contributed by atoms with Gasteiger partial charge in [-0.05, 0) is 43.5 Å². The fraction of sp³-hybridized carbons (Fsp3) is 0.625. The Labute approximate surface area is 127 Å². The van der Waals surface area contributed by atoms with E-state index in [2.05, 4.69) is 26.1 Å². The molecule has 0 atom stereocenters. The summed E-state index contributed by atoms with van der Waals surface area (Å²) in [7, 11) is 0. The Morgan fingerprint density at radius 2 is 1.95 bits per heavy atom. The minimum absolute atomic E-state index is 0.450. The maximum atomic E-state index is 6.33. The first-order chi connectivity index (χ1) is 9.58. The van der Waals surface area contributed by atoms with E-state index in [1.165, 1.54) is 0 Å². The van der Waals surface area contributed by atoms with Crippen LogP contribution in [0.15, 0.2) is 12.1 Å². The van der Waals surface area contributed by atoms with Crippen LogP contribution in [-0.4, -0.2) is 19.8 Å². The fourth-order valence-electron chi connectivity index (χ4n) is 1.79. The Morgan fingerprint density at radius 3 is 2.55 bits per heavy atom. The van der Waals surface area contributed by atoms with Crippen molar-refractivity contribution in [1.82, 2.24) is 5.32 Å². The molecule has 3 nitrogen and oxygen atoms in total. The SMILES string of the molecule is CCCNCc1cc(Cl)c(OCC(C)C)c(OCC)c1. The van der Waals surface area contributed by atoms with Gasteiger partial charge in [0, 0.05) is 6.54 Å². The maximum absolute atomic E-state index is 6.33. The lowest BCUT2D eigenvalue weighted by molar-refractivity contribution is 0.248. The van der Waals surface area contributed by atoms with E-state index >= 15 is 0 Å². The molecule has 0 fully saturated rings. The molecule has 4 heteroatoms. The molecule has 1 N–H and O–H groups in total. The predicted molar refractivity (Wildman–Crippen MR) is 85.0 cm³/mol. The molecule has 1 aromatic rings. The largest absolute Gasteiger partial charge is 0.490 e. The summed E-state index contributed by atoms with van der Waals surface area (Å²) in [6.45, 7) is 11.3. The lowest BCUT2D eigenvalue weighted by Gasteiger charge is -2.16. The zero-order chi connectivity index (χ0) is 15.0. The van der Waals surface area contributed by atoms with Crippen LogP contribution in [-0.2, 0) is 6.54 Å². The topological polar surface area (TPSA) is 30.5 Å². The molecule has 0 aromatic heterocycles. The van der Waals surface area contributed by atoms with Crippen LogP contribution in [0.2, 0.25) is 5.02 Å². The molecule has 0 spiro atoms. The van der Waals surface area contributed by atoms with E-state index in [1.54, 1.807) is 0 Å². The van der Waals surface area contributed by atoms with Crippen LogP contribution in [0.4, 0.5) is 0 Å². The zero-order valence-corrected chi connectivity index (χ0v) is 13.7. The summed E-state index contributed by atoms with van der Waals surface area (Å²) >= 11 is 6.33. The Hall–Kier alpha value is -0.930. The molecule has 0 saturated heterocycles. The summed E-state index contributed by atoms with van der Waals surface area (Å²) in [4.78, 5) is 0. The van der Waals surface area contributed by atoms with Gasteiger partial charge in [0.2, 0.25) is 0 Å². The molecule has 0 heterocycles. The molecule has 0 aliphatic carbocycles. The third kappa shape index (κ3) is 5.59. The normalized spacial score (nSPS) is 10.9. The van der Waals surface area contributed by atoms with Crippen LogP contribution < -0.4 is 14.8 Å². The summed E-state index contributed by atoms with van der Waals surface area (Å²) in [5, 5.41) is 3.98. The van der Waals surface area contributed by atoms with Gasteiger partial charge in [-0.3, -0.25) is 0 Å². The minimum atomic E-state index is 0.450. The number of rotatable bonds is 9. The van der Waals surface area contributed by atoms with Crippen LogP contribution in [0.1, 0.15) is 39.7 Å². The highest BCUT2D eigenvalue weighted by Gasteiger charge is 2.13. The quantitative estimate of drug-likeness (QED) is 0.691. The first-order valence-corrected chi connectivity index (χ1v) is 7.75. The highest BCUT2D eigenvalue weighted by atomic mass is 35.5. The fourth-order valence-corrected chi connectivity index (χ4v) is 2.07. The molecule has 0 aliphatic heterocycles.